The zero-order valence-corrected chi connectivity index (χ0v) is 23.4. The quantitative estimate of drug-likeness (QED) is 0.385. The van der Waals surface area contributed by atoms with Gasteiger partial charge in [-0.2, -0.15) is 4.31 Å². The van der Waals surface area contributed by atoms with E-state index < -0.39 is 32.5 Å². The molecule has 0 atom stereocenters. The van der Waals surface area contributed by atoms with Crippen molar-refractivity contribution >= 4 is 60.5 Å². The van der Waals surface area contributed by atoms with Gasteiger partial charge < -0.3 is 10.1 Å². The number of halogens is 2. The van der Waals surface area contributed by atoms with E-state index in [1.165, 1.54) is 59.9 Å². The van der Waals surface area contributed by atoms with Gasteiger partial charge in [0.1, 0.15) is 12.3 Å². The zero-order valence-electron chi connectivity index (χ0n) is 20.3. The molecule has 0 aromatic heterocycles. The van der Waals surface area contributed by atoms with Crippen LogP contribution in [0.2, 0.25) is 10.0 Å². The van der Waals surface area contributed by atoms with Crippen molar-refractivity contribution in [1.82, 2.24) is 4.31 Å². The Kier molecular flexibility index (Phi) is 8.53. The molecule has 1 aliphatic rings. The summed E-state index contributed by atoms with van der Waals surface area (Å²) in [7, 11) is -6.62. The van der Waals surface area contributed by atoms with Crippen LogP contribution in [0.5, 0.6) is 5.75 Å². The SMILES string of the molecule is COc1ccc(S(=O)(=O)N2CCCC2)cc1NC(=O)CN(c1ccc(Cl)cc1Cl)S(=O)(=O)c1ccccc1. The number of sulfonamides is 2. The third-order valence-electron chi connectivity index (χ3n) is 5.94. The van der Waals surface area contributed by atoms with E-state index in [-0.39, 0.29) is 31.9 Å². The highest BCUT2D eigenvalue weighted by molar-refractivity contribution is 7.93. The lowest BCUT2D eigenvalue weighted by molar-refractivity contribution is -0.114. The number of hydrogen-bond donors (Lipinski definition) is 1. The maximum atomic E-state index is 13.6. The molecule has 1 N–H and O–H groups in total. The number of hydrogen-bond acceptors (Lipinski definition) is 6. The van der Waals surface area contributed by atoms with Crippen molar-refractivity contribution < 1.29 is 26.4 Å². The molecule has 3 aromatic rings. The molecule has 38 heavy (non-hydrogen) atoms. The van der Waals surface area contributed by atoms with Crippen molar-refractivity contribution in [3.63, 3.8) is 0 Å². The Bertz CT molecular complexity index is 1540. The van der Waals surface area contributed by atoms with E-state index in [2.05, 4.69) is 5.32 Å². The van der Waals surface area contributed by atoms with Crippen LogP contribution in [0.25, 0.3) is 0 Å². The standard InChI is InChI=1S/C25H25Cl2N3O6S2/c1-36-24-12-10-20(37(32,33)29-13-5-6-14-29)16-22(24)28-25(31)17-30(23-11-9-18(26)15-21(23)27)38(34,35)19-7-3-2-4-8-19/h2-4,7-12,15-16H,5-6,13-14,17H2,1H3,(H,28,31). The predicted molar refractivity (Wildman–Crippen MR) is 147 cm³/mol. The fourth-order valence-corrected chi connectivity index (χ4v) is 7.61. The van der Waals surface area contributed by atoms with Crippen LogP contribution < -0.4 is 14.4 Å². The molecule has 1 aliphatic heterocycles. The molecule has 0 bridgehead atoms. The van der Waals surface area contributed by atoms with E-state index in [1.54, 1.807) is 18.2 Å². The Labute approximate surface area is 232 Å². The van der Waals surface area contributed by atoms with Crippen molar-refractivity contribution in [1.29, 1.82) is 0 Å². The number of carbonyl (C=O) groups excluding carboxylic acids is 1. The third-order valence-corrected chi connectivity index (χ3v) is 10.2. The van der Waals surface area contributed by atoms with Gasteiger partial charge in [-0.15, -0.1) is 0 Å². The van der Waals surface area contributed by atoms with Crippen LogP contribution in [0.1, 0.15) is 12.8 Å². The molecule has 1 fully saturated rings. The maximum absolute atomic E-state index is 13.6. The smallest absolute Gasteiger partial charge is 0.264 e. The molecular weight excluding hydrogens is 573 g/mol. The van der Waals surface area contributed by atoms with Gasteiger partial charge in [-0.1, -0.05) is 41.4 Å². The summed E-state index contributed by atoms with van der Waals surface area (Å²) in [5, 5.41) is 2.92. The molecular formula is C25H25Cl2N3O6S2. The van der Waals surface area contributed by atoms with Crippen LogP contribution in [0.3, 0.4) is 0 Å². The second-order valence-electron chi connectivity index (χ2n) is 8.44. The molecule has 202 valence electrons. The Balaban J connectivity index is 1.68. The summed E-state index contributed by atoms with van der Waals surface area (Å²) in [6, 6.07) is 16.0. The highest BCUT2D eigenvalue weighted by atomic mass is 35.5. The molecule has 0 unspecified atom stereocenters. The van der Waals surface area contributed by atoms with Gasteiger partial charge in [0, 0.05) is 18.1 Å². The van der Waals surface area contributed by atoms with Crippen LogP contribution in [-0.4, -0.2) is 53.8 Å². The Morgan fingerprint density at radius 3 is 2.26 bits per heavy atom. The number of ether oxygens (including phenoxy) is 1. The first-order valence-corrected chi connectivity index (χ1v) is 15.2. The lowest BCUT2D eigenvalue weighted by Crippen LogP contribution is -2.38. The van der Waals surface area contributed by atoms with Crippen molar-refractivity contribution in [2.24, 2.45) is 0 Å². The van der Waals surface area contributed by atoms with Gasteiger partial charge in [-0.25, -0.2) is 16.8 Å². The summed E-state index contributed by atoms with van der Waals surface area (Å²) >= 11 is 12.3. The average Bonchev–Trinajstić information content (AvgIpc) is 3.44. The minimum atomic E-state index is -4.22. The average molecular weight is 599 g/mol. The Hall–Kier alpha value is -2.83. The highest BCUT2D eigenvalue weighted by Gasteiger charge is 2.30. The van der Waals surface area contributed by atoms with Gasteiger partial charge in [-0.3, -0.25) is 9.10 Å². The van der Waals surface area contributed by atoms with Crippen LogP contribution in [0.4, 0.5) is 11.4 Å². The first-order chi connectivity index (χ1) is 18.0. The number of nitrogens with one attached hydrogen (secondary N) is 1. The van der Waals surface area contributed by atoms with E-state index in [0.717, 1.165) is 17.1 Å². The summed E-state index contributed by atoms with van der Waals surface area (Å²) in [6.45, 7) is 0.180. The van der Waals surface area contributed by atoms with Gasteiger partial charge in [0.2, 0.25) is 15.9 Å². The Morgan fingerprint density at radius 1 is 0.947 bits per heavy atom. The molecule has 4 rings (SSSR count). The third kappa shape index (κ3) is 5.92. The van der Waals surface area contributed by atoms with Gasteiger partial charge in [0.25, 0.3) is 10.0 Å². The van der Waals surface area contributed by atoms with Crippen LogP contribution in [-0.2, 0) is 24.8 Å². The van der Waals surface area contributed by atoms with Crippen molar-refractivity contribution in [3.05, 3.63) is 76.8 Å². The first kappa shape index (κ1) is 28.2. The molecule has 0 spiro atoms. The number of methoxy groups -OCH3 is 1. The second-order valence-corrected chi connectivity index (χ2v) is 13.1. The zero-order chi connectivity index (χ0) is 27.5. The normalized spacial score (nSPS) is 14.3. The van der Waals surface area contributed by atoms with E-state index in [9.17, 15) is 21.6 Å². The van der Waals surface area contributed by atoms with E-state index in [0.29, 0.717) is 18.1 Å². The van der Waals surface area contributed by atoms with E-state index in [4.69, 9.17) is 27.9 Å². The minimum Gasteiger partial charge on any atom is -0.495 e. The largest absolute Gasteiger partial charge is 0.495 e. The molecule has 0 radical (unpaired) electrons. The van der Waals surface area contributed by atoms with Gasteiger partial charge in [0.15, 0.2) is 0 Å². The van der Waals surface area contributed by atoms with E-state index >= 15 is 0 Å². The van der Waals surface area contributed by atoms with Crippen LogP contribution >= 0.6 is 23.2 Å². The molecule has 13 heteroatoms. The summed E-state index contributed by atoms with van der Waals surface area (Å²) in [5.41, 5.74) is 0.129. The topological polar surface area (TPSA) is 113 Å². The van der Waals surface area contributed by atoms with Gasteiger partial charge >= 0.3 is 0 Å². The van der Waals surface area contributed by atoms with Crippen molar-refractivity contribution in [3.8, 4) is 5.75 Å². The molecule has 1 heterocycles. The van der Waals surface area contributed by atoms with Crippen molar-refractivity contribution in [2.75, 3.05) is 36.4 Å². The molecule has 3 aromatic carbocycles. The van der Waals surface area contributed by atoms with Crippen LogP contribution in [0, 0.1) is 0 Å². The summed E-state index contributed by atoms with van der Waals surface area (Å²) in [5.74, 6) is -0.537. The van der Waals surface area contributed by atoms with Crippen LogP contribution in [0.15, 0.2) is 76.5 Å². The number of nitrogens with zero attached hydrogens (tertiary/aromatic N) is 2. The van der Waals surface area contributed by atoms with Gasteiger partial charge in [0.05, 0.1) is 33.3 Å². The lowest BCUT2D eigenvalue weighted by Gasteiger charge is -2.25. The first-order valence-electron chi connectivity index (χ1n) is 11.5. The monoisotopic (exact) mass is 597 g/mol. The molecule has 0 saturated carbocycles. The molecule has 1 amide bonds. The predicted octanol–water partition coefficient (Wildman–Crippen LogP) is 4.62. The summed E-state index contributed by atoms with van der Waals surface area (Å²) in [6.07, 6.45) is 1.55. The summed E-state index contributed by atoms with van der Waals surface area (Å²) in [4.78, 5) is 13.2. The Morgan fingerprint density at radius 2 is 1.63 bits per heavy atom. The van der Waals surface area contributed by atoms with Crippen molar-refractivity contribution in [2.45, 2.75) is 22.6 Å². The second kappa shape index (κ2) is 11.5. The molecule has 9 nitrogen and oxygen atoms in total. The van der Waals surface area contributed by atoms with Gasteiger partial charge in [-0.05, 0) is 61.4 Å². The number of carbonyl (C=O) groups is 1. The maximum Gasteiger partial charge on any atom is 0.264 e. The van der Waals surface area contributed by atoms with E-state index in [1.807, 2.05) is 0 Å². The lowest BCUT2D eigenvalue weighted by atomic mass is 10.3. The molecule has 1 saturated heterocycles. The number of amides is 1. The molecule has 0 aliphatic carbocycles. The number of rotatable bonds is 9. The highest BCUT2D eigenvalue weighted by Crippen LogP contribution is 2.34. The fourth-order valence-electron chi connectivity index (χ4n) is 4.05. The number of anilines is 2. The number of benzene rings is 3. The fraction of sp³-hybridized carbons (Fsp3) is 0.240. The summed E-state index contributed by atoms with van der Waals surface area (Å²) < 4.78 is 60.8. The minimum absolute atomic E-state index is 0.00925.